The molecule has 1 aromatic heterocycles. The van der Waals surface area contributed by atoms with E-state index in [-0.39, 0.29) is 17.7 Å². The monoisotopic (exact) mass is 413 g/mol. The molecule has 1 aromatic carbocycles. The third-order valence-corrected chi connectivity index (χ3v) is 8.06. The van der Waals surface area contributed by atoms with E-state index in [0.717, 1.165) is 28.3 Å². The van der Waals surface area contributed by atoms with Crippen molar-refractivity contribution in [1.82, 2.24) is 10.2 Å². The zero-order valence-electron chi connectivity index (χ0n) is 16.9. The number of benzene rings is 1. The number of methoxy groups -OCH3 is 2. The number of ether oxygens (including phenoxy) is 2. The molecule has 1 heterocycles. The van der Waals surface area contributed by atoms with E-state index in [4.69, 9.17) is 9.47 Å². The predicted octanol–water partition coefficient (Wildman–Crippen LogP) is 4.20. The SMILES string of the molecule is COc1ccc(CC(=O)Nc2nnc(C34CC5CC(CC(C5)C3)C4)s2)cc1OC. The van der Waals surface area contributed by atoms with E-state index in [9.17, 15) is 4.79 Å². The fourth-order valence-corrected chi connectivity index (χ4v) is 7.18. The molecule has 7 heteroatoms. The van der Waals surface area contributed by atoms with Crippen molar-refractivity contribution in [2.24, 2.45) is 17.8 Å². The van der Waals surface area contributed by atoms with Crippen LogP contribution in [0.4, 0.5) is 5.13 Å². The summed E-state index contributed by atoms with van der Waals surface area (Å²) < 4.78 is 10.6. The first kappa shape index (κ1) is 18.9. The maximum absolute atomic E-state index is 12.5. The lowest BCUT2D eigenvalue weighted by Gasteiger charge is -2.55. The molecule has 0 atom stereocenters. The minimum atomic E-state index is -0.0922. The second-order valence-electron chi connectivity index (χ2n) is 9.02. The van der Waals surface area contributed by atoms with Crippen LogP contribution in [0.2, 0.25) is 0 Å². The average Bonchev–Trinajstić information content (AvgIpc) is 3.16. The van der Waals surface area contributed by atoms with Crippen LogP contribution in [0.15, 0.2) is 18.2 Å². The Morgan fingerprint density at radius 2 is 1.72 bits per heavy atom. The van der Waals surface area contributed by atoms with Crippen molar-refractivity contribution in [3.63, 3.8) is 0 Å². The molecule has 4 fully saturated rings. The van der Waals surface area contributed by atoms with Gasteiger partial charge in [0.2, 0.25) is 11.0 Å². The highest BCUT2D eigenvalue weighted by atomic mass is 32.1. The summed E-state index contributed by atoms with van der Waals surface area (Å²) in [7, 11) is 3.19. The maximum atomic E-state index is 12.5. The minimum Gasteiger partial charge on any atom is -0.493 e. The van der Waals surface area contributed by atoms with Crippen molar-refractivity contribution < 1.29 is 14.3 Å². The number of hydrogen-bond donors (Lipinski definition) is 1. The summed E-state index contributed by atoms with van der Waals surface area (Å²) in [4.78, 5) is 12.5. The lowest BCUT2D eigenvalue weighted by atomic mass is 9.50. The van der Waals surface area contributed by atoms with Gasteiger partial charge in [-0.3, -0.25) is 4.79 Å². The first-order valence-electron chi connectivity index (χ1n) is 10.4. The topological polar surface area (TPSA) is 73.3 Å². The normalized spacial score (nSPS) is 29.7. The van der Waals surface area contributed by atoms with E-state index < -0.39 is 0 Å². The van der Waals surface area contributed by atoms with Crippen LogP contribution in [0.1, 0.15) is 49.1 Å². The highest BCUT2D eigenvalue weighted by Crippen LogP contribution is 2.61. The molecule has 6 rings (SSSR count). The molecule has 1 N–H and O–H groups in total. The number of hydrogen-bond acceptors (Lipinski definition) is 6. The van der Waals surface area contributed by atoms with E-state index in [1.807, 2.05) is 18.2 Å². The lowest BCUT2D eigenvalue weighted by molar-refractivity contribution is -0.115. The molecular weight excluding hydrogens is 386 g/mol. The Hall–Kier alpha value is -2.15. The molecule has 2 aromatic rings. The summed E-state index contributed by atoms with van der Waals surface area (Å²) in [6.45, 7) is 0. The summed E-state index contributed by atoms with van der Waals surface area (Å²) in [5, 5.41) is 13.5. The Bertz CT molecular complexity index is 890. The first-order chi connectivity index (χ1) is 14.1. The number of amides is 1. The van der Waals surface area contributed by atoms with Gasteiger partial charge in [-0.2, -0.15) is 0 Å². The summed E-state index contributed by atoms with van der Waals surface area (Å²) in [6.07, 6.45) is 8.26. The van der Waals surface area contributed by atoms with Gasteiger partial charge in [0.25, 0.3) is 0 Å². The average molecular weight is 414 g/mol. The van der Waals surface area contributed by atoms with Gasteiger partial charge in [0.15, 0.2) is 11.5 Å². The van der Waals surface area contributed by atoms with E-state index in [0.29, 0.717) is 16.6 Å². The molecule has 4 saturated carbocycles. The van der Waals surface area contributed by atoms with Gasteiger partial charge >= 0.3 is 0 Å². The fraction of sp³-hybridized carbons (Fsp3) is 0.591. The van der Waals surface area contributed by atoms with Crippen LogP contribution in [-0.4, -0.2) is 30.3 Å². The quantitative estimate of drug-likeness (QED) is 0.768. The molecule has 0 saturated heterocycles. The number of aromatic nitrogens is 2. The molecule has 29 heavy (non-hydrogen) atoms. The minimum absolute atomic E-state index is 0.0922. The van der Waals surface area contributed by atoms with Crippen molar-refractivity contribution in [3.8, 4) is 11.5 Å². The summed E-state index contributed by atoms with van der Waals surface area (Å²) in [6, 6.07) is 5.53. The van der Waals surface area contributed by atoms with Crippen molar-refractivity contribution in [2.45, 2.75) is 50.4 Å². The van der Waals surface area contributed by atoms with E-state index in [1.54, 1.807) is 25.6 Å². The van der Waals surface area contributed by atoms with E-state index >= 15 is 0 Å². The van der Waals surface area contributed by atoms with Crippen LogP contribution < -0.4 is 14.8 Å². The fourth-order valence-electron chi connectivity index (χ4n) is 6.20. The molecular formula is C22H27N3O3S. The Morgan fingerprint density at radius 1 is 1.07 bits per heavy atom. The lowest BCUT2D eigenvalue weighted by Crippen LogP contribution is -2.48. The molecule has 154 valence electrons. The number of carbonyl (C=O) groups excluding carboxylic acids is 1. The van der Waals surface area contributed by atoms with Crippen molar-refractivity contribution in [2.75, 3.05) is 19.5 Å². The predicted molar refractivity (Wildman–Crippen MR) is 112 cm³/mol. The van der Waals surface area contributed by atoms with Gasteiger partial charge in [-0.15, -0.1) is 10.2 Å². The van der Waals surface area contributed by atoms with Gasteiger partial charge < -0.3 is 14.8 Å². The van der Waals surface area contributed by atoms with Crippen molar-refractivity contribution in [3.05, 3.63) is 28.8 Å². The first-order valence-corrected chi connectivity index (χ1v) is 11.2. The molecule has 4 aliphatic carbocycles. The zero-order valence-corrected chi connectivity index (χ0v) is 17.8. The highest BCUT2D eigenvalue weighted by Gasteiger charge is 2.53. The number of nitrogens with zero attached hydrogens (tertiary/aromatic N) is 2. The maximum Gasteiger partial charge on any atom is 0.230 e. The molecule has 4 bridgehead atoms. The van der Waals surface area contributed by atoms with Gasteiger partial charge in [-0.1, -0.05) is 17.4 Å². The van der Waals surface area contributed by atoms with Crippen LogP contribution >= 0.6 is 11.3 Å². The zero-order chi connectivity index (χ0) is 20.0. The Balaban J connectivity index is 1.27. The molecule has 0 spiro atoms. The number of anilines is 1. The Labute approximate surface area is 175 Å². The third kappa shape index (κ3) is 3.50. The van der Waals surface area contributed by atoms with Gasteiger partial charge in [0.05, 0.1) is 20.6 Å². The van der Waals surface area contributed by atoms with Crippen molar-refractivity contribution in [1.29, 1.82) is 0 Å². The summed E-state index contributed by atoms with van der Waals surface area (Å²) >= 11 is 1.58. The van der Waals surface area contributed by atoms with Crippen LogP contribution in [0, 0.1) is 17.8 Å². The van der Waals surface area contributed by atoms with Crippen LogP contribution in [0.25, 0.3) is 0 Å². The van der Waals surface area contributed by atoms with Gasteiger partial charge in [-0.05, 0) is 74.0 Å². The molecule has 4 aliphatic rings. The largest absolute Gasteiger partial charge is 0.493 e. The van der Waals surface area contributed by atoms with Gasteiger partial charge in [0, 0.05) is 5.41 Å². The number of carbonyl (C=O) groups is 1. The van der Waals surface area contributed by atoms with E-state index in [2.05, 4.69) is 15.5 Å². The molecule has 1 amide bonds. The molecule has 0 radical (unpaired) electrons. The van der Waals surface area contributed by atoms with Crippen LogP contribution in [0.5, 0.6) is 11.5 Å². The third-order valence-electron chi connectivity index (χ3n) is 6.98. The van der Waals surface area contributed by atoms with Crippen LogP contribution in [0.3, 0.4) is 0 Å². The van der Waals surface area contributed by atoms with Crippen LogP contribution in [-0.2, 0) is 16.6 Å². The smallest absolute Gasteiger partial charge is 0.230 e. The van der Waals surface area contributed by atoms with Gasteiger partial charge in [-0.25, -0.2) is 0 Å². The second-order valence-corrected chi connectivity index (χ2v) is 10.0. The molecule has 6 nitrogen and oxygen atoms in total. The van der Waals surface area contributed by atoms with Crippen molar-refractivity contribution >= 4 is 22.4 Å². The van der Waals surface area contributed by atoms with E-state index in [1.165, 1.54) is 38.5 Å². The summed E-state index contributed by atoms with van der Waals surface area (Å²) in [5.74, 6) is 3.79. The number of nitrogens with one attached hydrogen (secondary N) is 1. The summed E-state index contributed by atoms with van der Waals surface area (Å²) in [5.41, 5.74) is 1.09. The highest BCUT2D eigenvalue weighted by molar-refractivity contribution is 7.15. The molecule has 0 aliphatic heterocycles. The molecule has 0 unspecified atom stereocenters. The number of rotatable bonds is 6. The Kier molecular flexibility index (Phi) is 4.73. The standard InChI is InChI=1S/C22H27N3O3S/c1-27-17-4-3-13(8-18(17)28-2)9-19(26)23-21-25-24-20(29-21)22-10-14-5-15(11-22)7-16(6-14)12-22/h3-4,8,14-16H,5-7,9-12H2,1-2H3,(H,23,25,26). The second kappa shape index (κ2) is 7.27. The van der Waals surface area contributed by atoms with Gasteiger partial charge in [0.1, 0.15) is 5.01 Å². The Morgan fingerprint density at radius 3 is 2.34 bits per heavy atom.